The van der Waals surface area contributed by atoms with Crippen LogP contribution in [-0.4, -0.2) is 64.1 Å². The van der Waals surface area contributed by atoms with Crippen molar-refractivity contribution in [1.82, 2.24) is 30.3 Å². The molecule has 0 radical (unpaired) electrons. The fourth-order valence-electron chi connectivity index (χ4n) is 2.91. The van der Waals surface area contributed by atoms with Crippen molar-refractivity contribution < 1.29 is 19.1 Å². The average molecular weight is 386 g/mol. The van der Waals surface area contributed by atoms with Gasteiger partial charge in [-0.2, -0.15) is 0 Å². The van der Waals surface area contributed by atoms with Gasteiger partial charge in [0, 0.05) is 38.7 Å². The maximum Gasteiger partial charge on any atom is 0.289 e. The molecule has 0 unspecified atom stereocenters. The zero-order valence-electron chi connectivity index (χ0n) is 15.8. The zero-order chi connectivity index (χ0) is 20.1. The lowest BCUT2D eigenvalue weighted by Crippen LogP contribution is -2.40. The third-order valence-electron chi connectivity index (χ3n) is 4.36. The van der Waals surface area contributed by atoms with Crippen molar-refractivity contribution in [2.24, 2.45) is 0 Å². The molecule has 1 aliphatic rings. The van der Waals surface area contributed by atoms with E-state index < -0.39 is 0 Å². The highest BCUT2D eigenvalue weighted by Crippen LogP contribution is 2.17. The summed E-state index contributed by atoms with van der Waals surface area (Å²) in [5.41, 5.74) is 0.560. The summed E-state index contributed by atoms with van der Waals surface area (Å²) in [6.07, 6.45) is 0. The van der Waals surface area contributed by atoms with Gasteiger partial charge in [-0.3, -0.25) is 14.4 Å². The molecule has 0 saturated carbocycles. The molecule has 10 nitrogen and oxygen atoms in total. The number of carbonyl (C=O) groups excluding carboxylic acids is 3. The van der Waals surface area contributed by atoms with Gasteiger partial charge >= 0.3 is 0 Å². The predicted molar refractivity (Wildman–Crippen MR) is 98.8 cm³/mol. The van der Waals surface area contributed by atoms with Crippen LogP contribution in [0.3, 0.4) is 0 Å². The van der Waals surface area contributed by atoms with Crippen LogP contribution in [0.2, 0.25) is 0 Å². The van der Waals surface area contributed by atoms with E-state index >= 15 is 0 Å². The fourth-order valence-corrected chi connectivity index (χ4v) is 2.91. The van der Waals surface area contributed by atoms with Crippen molar-refractivity contribution in [3.8, 4) is 5.75 Å². The van der Waals surface area contributed by atoms with Crippen LogP contribution in [-0.2, 0) is 17.9 Å². The predicted octanol–water partition coefficient (Wildman–Crippen LogP) is -0.191. The lowest BCUT2D eigenvalue weighted by atomic mass is 10.2. The van der Waals surface area contributed by atoms with Gasteiger partial charge in [0.15, 0.2) is 5.82 Å². The number of fused-ring (bicyclic) bond motifs is 1. The summed E-state index contributed by atoms with van der Waals surface area (Å²) in [5.74, 6) is 0.812. The largest absolute Gasteiger partial charge is 0.497 e. The monoisotopic (exact) mass is 386 g/mol. The zero-order valence-corrected chi connectivity index (χ0v) is 15.8. The molecule has 10 heteroatoms. The summed E-state index contributed by atoms with van der Waals surface area (Å²) in [6, 6.07) is 6.91. The quantitative estimate of drug-likeness (QED) is 0.664. The first-order valence-corrected chi connectivity index (χ1v) is 8.87. The summed E-state index contributed by atoms with van der Waals surface area (Å²) < 4.78 is 6.82. The first-order chi connectivity index (χ1) is 13.5. The summed E-state index contributed by atoms with van der Waals surface area (Å²) in [5, 5.41) is 13.3. The highest BCUT2D eigenvalue weighted by molar-refractivity contribution is 5.94. The Hall–Kier alpha value is -3.43. The molecule has 148 valence electrons. The van der Waals surface area contributed by atoms with E-state index in [1.54, 1.807) is 40.8 Å². The smallest absolute Gasteiger partial charge is 0.289 e. The van der Waals surface area contributed by atoms with E-state index in [0.717, 1.165) is 0 Å². The number of amides is 3. The van der Waals surface area contributed by atoms with Crippen LogP contribution in [0, 0.1) is 0 Å². The van der Waals surface area contributed by atoms with Crippen molar-refractivity contribution in [1.29, 1.82) is 0 Å². The Balaban J connectivity index is 1.62. The molecule has 0 saturated heterocycles. The van der Waals surface area contributed by atoms with Gasteiger partial charge < -0.3 is 24.8 Å². The van der Waals surface area contributed by atoms with E-state index in [4.69, 9.17) is 4.74 Å². The second kappa shape index (κ2) is 8.51. The van der Waals surface area contributed by atoms with E-state index in [-0.39, 0.29) is 30.1 Å². The van der Waals surface area contributed by atoms with Crippen LogP contribution >= 0.6 is 0 Å². The third kappa shape index (κ3) is 4.27. The Morgan fingerprint density at radius 1 is 1.07 bits per heavy atom. The van der Waals surface area contributed by atoms with Crippen LogP contribution in [0.25, 0.3) is 0 Å². The van der Waals surface area contributed by atoms with Crippen molar-refractivity contribution in [2.45, 2.75) is 20.0 Å². The van der Waals surface area contributed by atoms with Crippen LogP contribution in [0.15, 0.2) is 24.3 Å². The highest BCUT2D eigenvalue weighted by Gasteiger charge is 2.27. The topological polar surface area (TPSA) is 118 Å². The van der Waals surface area contributed by atoms with E-state index in [2.05, 4.69) is 20.8 Å². The molecule has 1 aromatic heterocycles. The Morgan fingerprint density at radius 3 is 2.46 bits per heavy atom. The van der Waals surface area contributed by atoms with E-state index in [1.165, 1.54) is 6.92 Å². The van der Waals surface area contributed by atoms with E-state index in [1.807, 2.05) is 0 Å². The Kier molecular flexibility index (Phi) is 5.87. The molecule has 3 rings (SSSR count). The van der Waals surface area contributed by atoms with Crippen molar-refractivity contribution >= 4 is 17.7 Å². The SMILES string of the molecule is COc1ccc(C(=O)N2CCn3c(nnc3C(=O)NCCNC(C)=O)C2)cc1. The minimum Gasteiger partial charge on any atom is -0.497 e. The molecule has 1 aromatic carbocycles. The molecule has 2 aromatic rings. The van der Waals surface area contributed by atoms with Gasteiger partial charge in [-0.1, -0.05) is 0 Å². The lowest BCUT2D eigenvalue weighted by Gasteiger charge is -2.27. The van der Waals surface area contributed by atoms with Crippen molar-refractivity contribution in [2.75, 3.05) is 26.7 Å². The normalized spacial score (nSPS) is 12.9. The maximum atomic E-state index is 12.7. The van der Waals surface area contributed by atoms with Gasteiger partial charge in [0.1, 0.15) is 5.75 Å². The molecular formula is C18H22N6O4. The second-order valence-electron chi connectivity index (χ2n) is 6.29. The number of benzene rings is 1. The number of ether oxygens (including phenoxy) is 1. The van der Waals surface area contributed by atoms with Gasteiger partial charge in [-0.15, -0.1) is 10.2 Å². The molecular weight excluding hydrogens is 364 g/mol. The molecule has 2 heterocycles. The number of hydrogen-bond donors (Lipinski definition) is 2. The van der Waals surface area contributed by atoms with Crippen LogP contribution in [0.5, 0.6) is 5.75 Å². The fraction of sp³-hybridized carbons (Fsp3) is 0.389. The van der Waals surface area contributed by atoms with Crippen LogP contribution in [0.1, 0.15) is 33.7 Å². The first-order valence-electron chi connectivity index (χ1n) is 8.87. The number of hydrogen-bond acceptors (Lipinski definition) is 6. The number of nitrogens with zero attached hydrogens (tertiary/aromatic N) is 4. The first kappa shape index (κ1) is 19.3. The summed E-state index contributed by atoms with van der Waals surface area (Å²) in [4.78, 5) is 37.5. The number of methoxy groups -OCH3 is 1. The Bertz CT molecular complexity index is 877. The summed E-state index contributed by atoms with van der Waals surface area (Å²) in [7, 11) is 1.57. The molecule has 0 aliphatic carbocycles. The minimum absolute atomic E-state index is 0.113. The minimum atomic E-state index is -0.362. The number of rotatable bonds is 6. The van der Waals surface area contributed by atoms with Crippen molar-refractivity contribution in [3.63, 3.8) is 0 Å². The molecule has 0 bridgehead atoms. The average Bonchev–Trinajstić information content (AvgIpc) is 3.13. The molecule has 28 heavy (non-hydrogen) atoms. The molecule has 3 amide bonds. The van der Waals surface area contributed by atoms with Gasteiger partial charge in [-0.05, 0) is 24.3 Å². The summed E-state index contributed by atoms with van der Waals surface area (Å²) in [6.45, 7) is 3.20. The molecule has 2 N–H and O–H groups in total. The molecule has 1 aliphatic heterocycles. The molecule has 0 atom stereocenters. The standard InChI is InChI=1S/C18H22N6O4/c1-12(25)19-7-8-20-17(26)16-22-21-15-11-23(9-10-24(15)16)18(27)13-3-5-14(28-2)6-4-13/h3-6H,7-11H2,1-2H3,(H,19,25)(H,20,26). The molecule has 0 spiro atoms. The van der Waals surface area contributed by atoms with Crippen LogP contribution in [0.4, 0.5) is 0 Å². The third-order valence-corrected chi connectivity index (χ3v) is 4.36. The number of carbonyl (C=O) groups is 3. The van der Waals surface area contributed by atoms with E-state index in [9.17, 15) is 14.4 Å². The van der Waals surface area contributed by atoms with Gasteiger partial charge in [0.2, 0.25) is 11.7 Å². The van der Waals surface area contributed by atoms with Crippen molar-refractivity contribution in [3.05, 3.63) is 41.5 Å². The lowest BCUT2D eigenvalue weighted by molar-refractivity contribution is -0.118. The van der Waals surface area contributed by atoms with Gasteiger partial charge in [0.05, 0.1) is 13.7 Å². The second-order valence-corrected chi connectivity index (χ2v) is 6.29. The number of aromatic nitrogens is 3. The van der Waals surface area contributed by atoms with Gasteiger partial charge in [-0.25, -0.2) is 0 Å². The maximum absolute atomic E-state index is 12.7. The Morgan fingerprint density at radius 2 is 1.79 bits per heavy atom. The van der Waals surface area contributed by atoms with Crippen LogP contribution < -0.4 is 15.4 Å². The van der Waals surface area contributed by atoms with Gasteiger partial charge in [0.25, 0.3) is 11.8 Å². The summed E-state index contributed by atoms with van der Waals surface area (Å²) >= 11 is 0. The molecule has 0 fully saturated rings. The number of nitrogens with one attached hydrogen (secondary N) is 2. The van der Waals surface area contributed by atoms with E-state index in [0.29, 0.717) is 43.3 Å². The Labute approximate surface area is 161 Å². The highest BCUT2D eigenvalue weighted by atomic mass is 16.5.